The Morgan fingerprint density at radius 2 is 1.68 bits per heavy atom. The van der Waals surface area contributed by atoms with Gasteiger partial charge in [0.15, 0.2) is 0 Å². The summed E-state index contributed by atoms with van der Waals surface area (Å²) >= 11 is 12.2. The van der Waals surface area contributed by atoms with E-state index in [4.69, 9.17) is 23.2 Å². The zero-order valence-electron chi connectivity index (χ0n) is 15.5. The predicted octanol–water partition coefficient (Wildman–Crippen LogP) is 4.48. The van der Waals surface area contributed by atoms with Crippen molar-refractivity contribution in [3.05, 3.63) is 63.6 Å². The molecule has 1 N–H and O–H groups in total. The number of hydrogen-bond acceptors (Lipinski definition) is 3. The zero-order chi connectivity index (χ0) is 20.3. The number of nitrogens with zero attached hydrogens (tertiary/aromatic N) is 1. The number of sulfonamides is 1. The van der Waals surface area contributed by atoms with Gasteiger partial charge in [-0.25, -0.2) is 12.7 Å². The summed E-state index contributed by atoms with van der Waals surface area (Å²) in [5.41, 5.74) is 2.07. The van der Waals surface area contributed by atoms with Gasteiger partial charge in [-0.15, -0.1) is 0 Å². The Hall–Kier alpha value is -1.60. The third-order valence-electron chi connectivity index (χ3n) is 4.96. The first-order chi connectivity index (χ1) is 13.3. The minimum atomic E-state index is -3.39. The molecule has 0 bridgehead atoms. The second-order valence-corrected chi connectivity index (χ2v) is 9.75. The van der Waals surface area contributed by atoms with E-state index in [1.165, 1.54) is 4.31 Å². The zero-order valence-corrected chi connectivity index (χ0v) is 17.8. The molecule has 8 heteroatoms. The van der Waals surface area contributed by atoms with Crippen molar-refractivity contribution in [2.75, 3.05) is 18.4 Å². The summed E-state index contributed by atoms with van der Waals surface area (Å²) in [5.74, 6) is -0.413. The summed E-state index contributed by atoms with van der Waals surface area (Å²) in [4.78, 5) is 12.6. The minimum absolute atomic E-state index is 0.0228. The molecule has 28 heavy (non-hydrogen) atoms. The molecule has 2 aromatic rings. The molecule has 1 aliphatic heterocycles. The smallest absolute Gasteiger partial charge is 0.227 e. The van der Waals surface area contributed by atoms with Gasteiger partial charge in [0.2, 0.25) is 15.9 Å². The van der Waals surface area contributed by atoms with Gasteiger partial charge < -0.3 is 5.32 Å². The number of amides is 1. The fourth-order valence-corrected chi connectivity index (χ4v) is 5.28. The van der Waals surface area contributed by atoms with Gasteiger partial charge in [-0.1, -0.05) is 53.5 Å². The summed E-state index contributed by atoms with van der Waals surface area (Å²) in [7, 11) is -3.39. The van der Waals surface area contributed by atoms with Crippen LogP contribution in [0.2, 0.25) is 10.0 Å². The van der Waals surface area contributed by atoms with Crippen LogP contribution in [0.1, 0.15) is 24.0 Å². The van der Waals surface area contributed by atoms with Crippen molar-refractivity contribution >= 4 is 44.8 Å². The van der Waals surface area contributed by atoms with E-state index in [1.807, 2.05) is 25.1 Å². The van der Waals surface area contributed by atoms with Gasteiger partial charge in [0.1, 0.15) is 0 Å². The highest BCUT2D eigenvalue weighted by Gasteiger charge is 2.31. The quantitative estimate of drug-likeness (QED) is 0.744. The van der Waals surface area contributed by atoms with Gasteiger partial charge in [-0.05, 0) is 43.0 Å². The van der Waals surface area contributed by atoms with Crippen LogP contribution in [0.3, 0.4) is 0 Å². The van der Waals surface area contributed by atoms with Crippen LogP contribution in [-0.4, -0.2) is 31.7 Å². The highest BCUT2D eigenvalue weighted by Crippen LogP contribution is 2.29. The lowest BCUT2D eigenvalue weighted by Crippen LogP contribution is -2.41. The van der Waals surface area contributed by atoms with Crippen LogP contribution < -0.4 is 5.32 Å². The molecular formula is C20H22Cl2N2O3S. The lowest BCUT2D eigenvalue weighted by molar-refractivity contribution is -0.120. The van der Waals surface area contributed by atoms with Crippen LogP contribution in [0.4, 0.5) is 5.69 Å². The molecule has 3 rings (SSSR count). The fraction of sp³-hybridized carbons (Fsp3) is 0.350. The van der Waals surface area contributed by atoms with Crippen molar-refractivity contribution < 1.29 is 13.2 Å². The van der Waals surface area contributed by atoms with Crippen molar-refractivity contribution in [2.24, 2.45) is 5.92 Å². The molecule has 0 aliphatic carbocycles. The average molecular weight is 441 g/mol. The van der Waals surface area contributed by atoms with Crippen LogP contribution >= 0.6 is 23.2 Å². The molecule has 0 aromatic heterocycles. The van der Waals surface area contributed by atoms with Crippen molar-refractivity contribution in [3.63, 3.8) is 0 Å². The van der Waals surface area contributed by atoms with E-state index in [0.717, 1.165) is 11.1 Å². The Balaban J connectivity index is 1.58. The maximum Gasteiger partial charge on any atom is 0.227 e. The molecule has 0 spiro atoms. The summed E-state index contributed by atoms with van der Waals surface area (Å²) in [6.45, 7) is 2.48. The van der Waals surface area contributed by atoms with Crippen LogP contribution in [-0.2, 0) is 20.6 Å². The molecule has 5 nitrogen and oxygen atoms in total. The maximum absolute atomic E-state index is 12.6. The van der Waals surface area contributed by atoms with Gasteiger partial charge in [-0.2, -0.15) is 0 Å². The van der Waals surface area contributed by atoms with Crippen molar-refractivity contribution in [2.45, 2.75) is 25.5 Å². The first kappa shape index (κ1) is 21.1. The summed E-state index contributed by atoms with van der Waals surface area (Å²) in [5, 5.41) is 3.82. The summed E-state index contributed by atoms with van der Waals surface area (Å²) < 4.78 is 26.7. The normalized spacial score (nSPS) is 16.1. The minimum Gasteiger partial charge on any atom is -0.326 e. The van der Waals surface area contributed by atoms with Crippen LogP contribution in [0.25, 0.3) is 0 Å². The van der Waals surface area contributed by atoms with Crippen molar-refractivity contribution in [1.82, 2.24) is 4.31 Å². The monoisotopic (exact) mass is 440 g/mol. The van der Waals surface area contributed by atoms with Gasteiger partial charge in [0.25, 0.3) is 0 Å². The van der Waals surface area contributed by atoms with E-state index in [2.05, 4.69) is 5.32 Å². The van der Waals surface area contributed by atoms with Crippen LogP contribution in [0.5, 0.6) is 0 Å². The number of benzene rings is 2. The van der Waals surface area contributed by atoms with Gasteiger partial charge in [-0.3, -0.25) is 4.79 Å². The van der Waals surface area contributed by atoms with E-state index in [0.29, 0.717) is 41.7 Å². The predicted molar refractivity (Wildman–Crippen MR) is 113 cm³/mol. The molecule has 1 amide bonds. The molecule has 0 atom stereocenters. The highest BCUT2D eigenvalue weighted by atomic mass is 35.5. The Morgan fingerprint density at radius 3 is 2.25 bits per heavy atom. The average Bonchev–Trinajstić information content (AvgIpc) is 2.66. The fourth-order valence-electron chi connectivity index (χ4n) is 3.23. The Labute approximate surface area is 175 Å². The molecule has 1 fully saturated rings. The lowest BCUT2D eigenvalue weighted by atomic mass is 9.97. The number of halogens is 2. The molecule has 0 unspecified atom stereocenters. The number of carbonyl (C=O) groups excluding carboxylic acids is 1. The van der Waals surface area contributed by atoms with E-state index < -0.39 is 10.0 Å². The molecule has 0 radical (unpaired) electrons. The number of hydrogen-bond donors (Lipinski definition) is 1. The maximum atomic E-state index is 12.6. The first-order valence-electron chi connectivity index (χ1n) is 9.04. The molecule has 1 aliphatic rings. The summed E-state index contributed by atoms with van der Waals surface area (Å²) in [6, 6.07) is 12.4. The Morgan fingerprint density at radius 1 is 1.11 bits per heavy atom. The number of anilines is 1. The largest absolute Gasteiger partial charge is 0.326 e. The molecule has 1 heterocycles. The van der Waals surface area contributed by atoms with Gasteiger partial charge >= 0.3 is 0 Å². The van der Waals surface area contributed by atoms with E-state index in [9.17, 15) is 13.2 Å². The lowest BCUT2D eigenvalue weighted by Gasteiger charge is -2.30. The highest BCUT2D eigenvalue weighted by molar-refractivity contribution is 7.88. The standard InChI is InChI=1S/C20H22Cl2N2O3S/c1-14-18(21)11-17(12-19(14)22)23-20(25)16-7-9-24(10-8-16)28(26,27)13-15-5-3-2-4-6-15/h2-6,11-12,16H,7-10,13H2,1H3,(H,23,25). The third-order valence-corrected chi connectivity index (χ3v) is 7.59. The van der Waals surface area contributed by atoms with Crippen molar-refractivity contribution in [1.29, 1.82) is 0 Å². The molecule has 150 valence electrons. The Bertz CT molecular complexity index is 934. The van der Waals surface area contributed by atoms with Gasteiger partial charge in [0, 0.05) is 34.7 Å². The number of rotatable bonds is 5. The van der Waals surface area contributed by atoms with Gasteiger partial charge in [0.05, 0.1) is 5.75 Å². The molecule has 1 saturated heterocycles. The number of piperidine rings is 1. The molecule has 0 saturated carbocycles. The van der Waals surface area contributed by atoms with Crippen molar-refractivity contribution in [3.8, 4) is 0 Å². The second-order valence-electron chi connectivity index (χ2n) is 6.97. The van der Waals surface area contributed by atoms with Crippen LogP contribution in [0.15, 0.2) is 42.5 Å². The second kappa shape index (κ2) is 8.82. The van der Waals surface area contributed by atoms with Crippen LogP contribution in [0, 0.1) is 12.8 Å². The molecular weight excluding hydrogens is 419 g/mol. The molecule has 2 aromatic carbocycles. The SMILES string of the molecule is Cc1c(Cl)cc(NC(=O)C2CCN(S(=O)(=O)Cc3ccccc3)CC2)cc1Cl. The number of carbonyl (C=O) groups is 1. The van der Waals surface area contributed by atoms with E-state index in [1.54, 1.807) is 24.3 Å². The topological polar surface area (TPSA) is 66.5 Å². The Kier molecular flexibility index (Phi) is 6.65. The van der Waals surface area contributed by atoms with E-state index >= 15 is 0 Å². The third kappa shape index (κ3) is 5.06. The first-order valence-corrected chi connectivity index (χ1v) is 11.4. The van der Waals surface area contributed by atoms with E-state index in [-0.39, 0.29) is 17.6 Å². The number of nitrogens with one attached hydrogen (secondary N) is 1. The summed E-state index contributed by atoms with van der Waals surface area (Å²) in [6.07, 6.45) is 0.959.